The zero-order valence-corrected chi connectivity index (χ0v) is 17.5. The SMILES string of the molecule is CC(C)Cc1ccc(-c2cnc(CCC(=O)N(C)C3CCS(=O)(=O)C3)o2)cc1. The number of benzene rings is 1. The highest BCUT2D eigenvalue weighted by molar-refractivity contribution is 7.91. The second-order valence-corrected chi connectivity index (χ2v) is 10.2. The highest BCUT2D eigenvalue weighted by Gasteiger charge is 2.32. The van der Waals surface area contributed by atoms with Crippen LogP contribution in [0.2, 0.25) is 0 Å². The molecule has 1 aromatic heterocycles. The van der Waals surface area contributed by atoms with Crippen LogP contribution in [0, 0.1) is 5.92 Å². The van der Waals surface area contributed by atoms with E-state index < -0.39 is 9.84 Å². The minimum atomic E-state index is -3.00. The molecule has 152 valence electrons. The highest BCUT2D eigenvalue weighted by atomic mass is 32.2. The van der Waals surface area contributed by atoms with Gasteiger partial charge in [-0.15, -0.1) is 0 Å². The molecule has 0 bridgehead atoms. The molecular weight excluding hydrogens is 376 g/mol. The number of carbonyl (C=O) groups is 1. The molecule has 0 aliphatic carbocycles. The van der Waals surface area contributed by atoms with Crippen molar-refractivity contribution in [3.05, 3.63) is 41.9 Å². The molecule has 0 N–H and O–H groups in total. The Kier molecular flexibility index (Phi) is 6.23. The molecule has 1 aliphatic rings. The largest absolute Gasteiger partial charge is 0.441 e. The smallest absolute Gasteiger partial charge is 0.223 e. The van der Waals surface area contributed by atoms with E-state index in [-0.39, 0.29) is 29.9 Å². The Morgan fingerprint density at radius 1 is 1.29 bits per heavy atom. The first-order valence-electron chi connectivity index (χ1n) is 9.73. The van der Waals surface area contributed by atoms with Gasteiger partial charge in [-0.05, 0) is 24.3 Å². The van der Waals surface area contributed by atoms with Gasteiger partial charge in [-0.3, -0.25) is 4.79 Å². The van der Waals surface area contributed by atoms with Gasteiger partial charge >= 0.3 is 0 Å². The number of nitrogens with zero attached hydrogens (tertiary/aromatic N) is 2. The van der Waals surface area contributed by atoms with Crippen molar-refractivity contribution < 1.29 is 17.6 Å². The van der Waals surface area contributed by atoms with Crippen molar-refractivity contribution in [3.8, 4) is 11.3 Å². The fourth-order valence-electron chi connectivity index (χ4n) is 3.51. The Labute approximate surface area is 166 Å². The van der Waals surface area contributed by atoms with Crippen molar-refractivity contribution in [3.63, 3.8) is 0 Å². The number of amides is 1. The van der Waals surface area contributed by atoms with Gasteiger partial charge in [-0.1, -0.05) is 38.1 Å². The van der Waals surface area contributed by atoms with Gasteiger partial charge < -0.3 is 9.32 Å². The van der Waals surface area contributed by atoms with Gasteiger partial charge in [-0.25, -0.2) is 13.4 Å². The lowest BCUT2D eigenvalue weighted by molar-refractivity contribution is -0.131. The van der Waals surface area contributed by atoms with E-state index in [0.717, 1.165) is 12.0 Å². The summed E-state index contributed by atoms with van der Waals surface area (Å²) >= 11 is 0. The van der Waals surface area contributed by atoms with Crippen LogP contribution in [-0.4, -0.2) is 48.8 Å². The highest BCUT2D eigenvalue weighted by Crippen LogP contribution is 2.23. The van der Waals surface area contributed by atoms with E-state index >= 15 is 0 Å². The first-order chi connectivity index (χ1) is 13.2. The number of sulfone groups is 1. The number of oxazole rings is 1. The minimum absolute atomic E-state index is 0.0607. The van der Waals surface area contributed by atoms with Crippen LogP contribution in [0.25, 0.3) is 11.3 Å². The number of hydrogen-bond acceptors (Lipinski definition) is 5. The second-order valence-electron chi connectivity index (χ2n) is 7.97. The first kappa shape index (κ1) is 20.6. The van der Waals surface area contributed by atoms with Crippen LogP contribution >= 0.6 is 0 Å². The Bertz CT molecular complexity index is 916. The summed E-state index contributed by atoms with van der Waals surface area (Å²) in [6.07, 6.45) is 3.89. The summed E-state index contributed by atoms with van der Waals surface area (Å²) in [7, 11) is -1.33. The minimum Gasteiger partial charge on any atom is -0.441 e. The fraction of sp³-hybridized carbons (Fsp3) is 0.524. The molecule has 1 aromatic carbocycles. The van der Waals surface area contributed by atoms with E-state index in [9.17, 15) is 13.2 Å². The Balaban J connectivity index is 1.55. The van der Waals surface area contributed by atoms with E-state index in [4.69, 9.17) is 4.42 Å². The number of carbonyl (C=O) groups excluding carboxylic acids is 1. The maximum Gasteiger partial charge on any atom is 0.223 e. The van der Waals surface area contributed by atoms with E-state index in [1.165, 1.54) is 5.56 Å². The molecule has 1 saturated heterocycles. The average molecular weight is 405 g/mol. The second kappa shape index (κ2) is 8.47. The zero-order chi connectivity index (χ0) is 20.3. The third kappa shape index (κ3) is 5.22. The van der Waals surface area contributed by atoms with Crippen LogP contribution in [0.4, 0.5) is 0 Å². The quantitative estimate of drug-likeness (QED) is 0.708. The number of rotatable bonds is 7. The van der Waals surface area contributed by atoms with E-state index in [1.54, 1.807) is 18.1 Å². The Hall–Kier alpha value is -2.15. The van der Waals surface area contributed by atoms with Gasteiger partial charge in [0.25, 0.3) is 0 Å². The summed E-state index contributed by atoms with van der Waals surface area (Å²) in [5, 5.41) is 0. The van der Waals surface area contributed by atoms with Crippen molar-refractivity contribution in [1.29, 1.82) is 0 Å². The summed E-state index contributed by atoms with van der Waals surface area (Å²) in [4.78, 5) is 18.2. The fourth-order valence-corrected chi connectivity index (χ4v) is 5.28. The average Bonchev–Trinajstić information content (AvgIpc) is 3.25. The Morgan fingerprint density at radius 2 is 2.00 bits per heavy atom. The maximum absolute atomic E-state index is 12.4. The predicted molar refractivity (Wildman–Crippen MR) is 109 cm³/mol. The standard InChI is InChI=1S/C21H28N2O4S/c1-15(2)12-16-4-6-17(7-5-16)19-13-22-20(27-19)8-9-21(24)23(3)18-10-11-28(25,26)14-18/h4-7,13,15,18H,8-12,14H2,1-3H3. The topological polar surface area (TPSA) is 80.5 Å². The Morgan fingerprint density at radius 3 is 2.61 bits per heavy atom. The lowest BCUT2D eigenvalue weighted by Crippen LogP contribution is -2.37. The van der Waals surface area contributed by atoms with E-state index in [1.807, 2.05) is 12.1 Å². The molecule has 0 saturated carbocycles. The van der Waals surface area contributed by atoms with Gasteiger partial charge in [-0.2, -0.15) is 0 Å². The molecule has 6 nitrogen and oxygen atoms in total. The molecule has 7 heteroatoms. The predicted octanol–water partition coefficient (Wildman–Crippen LogP) is 3.12. The third-order valence-electron chi connectivity index (χ3n) is 5.14. The molecule has 2 aromatic rings. The van der Waals surface area contributed by atoms with Crippen LogP contribution in [-0.2, 0) is 27.5 Å². The summed E-state index contributed by atoms with van der Waals surface area (Å²) in [5.74, 6) is 1.96. The summed E-state index contributed by atoms with van der Waals surface area (Å²) in [6, 6.07) is 8.04. The van der Waals surface area contributed by atoms with Gasteiger partial charge in [0, 0.05) is 31.5 Å². The number of aromatic nitrogens is 1. The molecule has 0 radical (unpaired) electrons. The molecule has 1 aliphatic heterocycles. The van der Waals surface area contributed by atoms with Crippen LogP contribution < -0.4 is 0 Å². The lowest BCUT2D eigenvalue weighted by Gasteiger charge is -2.23. The van der Waals surface area contributed by atoms with Gasteiger partial charge in [0.05, 0.1) is 17.7 Å². The molecule has 2 heterocycles. The first-order valence-corrected chi connectivity index (χ1v) is 11.6. The van der Waals surface area contributed by atoms with Crippen molar-refractivity contribution in [1.82, 2.24) is 9.88 Å². The molecule has 1 fully saturated rings. The van der Waals surface area contributed by atoms with Crippen molar-refractivity contribution in [2.45, 2.75) is 45.6 Å². The molecular formula is C21H28N2O4S. The van der Waals surface area contributed by atoms with Crippen LogP contribution in [0.3, 0.4) is 0 Å². The maximum atomic E-state index is 12.4. The van der Waals surface area contributed by atoms with Gasteiger partial charge in [0.1, 0.15) is 0 Å². The van der Waals surface area contributed by atoms with Crippen molar-refractivity contribution >= 4 is 15.7 Å². The summed E-state index contributed by atoms with van der Waals surface area (Å²) in [5.41, 5.74) is 2.26. The summed E-state index contributed by atoms with van der Waals surface area (Å²) < 4.78 is 29.0. The van der Waals surface area contributed by atoms with Crippen LogP contribution in [0.1, 0.15) is 38.1 Å². The lowest BCUT2D eigenvalue weighted by atomic mass is 10.0. The third-order valence-corrected chi connectivity index (χ3v) is 6.89. The van der Waals surface area contributed by atoms with Gasteiger partial charge in [0.15, 0.2) is 21.5 Å². The van der Waals surface area contributed by atoms with Gasteiger partial charge in [0.2, 0.25) is 5.91 Å². The van der Waals surface area contributed by atoms with Crippen LogP contribution in [0.5, 0.6) is 0 Å². The molecule has 0 spiro atoms. The van der Waals surface area contributed by atoms with E-state index in [2.05, 4.69) is 31.0 Å². The van der Waals surface area contributed by atoms with Crippen molar-refractivity contribution in [2.75, 3.05) is 18.6 Å². The van der Waals surface area contributed by atoms with Crippen molar-refractivity contribution in [2.24, 2.45) is 5.92 Å². The van der Waals surface area contributed by atoms with Crippen LogP contribution in [0.15, 0.2) is 34.9 Å². The number of aryl methyl sites for hydroxylation is 1. The molecule has 28 heavy (non-hydrogen) atoms. The molecule has 3 rings (SSSR count). The molecule has 1 unspecified atom stereocenters. The van der Waals surface area contributed by atoms with E-state index in [0.29, 0.717) is 30.4 Å². The zero-order valence-electron chi connectivity index (χ0n) is 16.7. The molecule has 1 amide bonds. The molecule has 1 atom stereocenters. The monoisotopic (exact) mass is 404 g/mol. The number of hydrogen-bond donors (Lipinski definition) is 0. The normalized spacial score (nSPS) is 18.5. The summed E-state index contributed by atoms with van der Waals surface area (Å²) in [6.45, 7) is 4.39.